The minimum atomic E-state index is -0.0965. The maximum absolute atomic E-state index is 12.8. The average molecular weight is 341 g/mol. The number of benzene rings is 1. The van der Waals surface area contributed by atoms with Crippen molar-refractivity contribution in [1.82, 2.24) is 14.8 Å². The zero-order valence-corrected chi connectivity index (χ0v) is 15.5. The average Bonchev–Trinajstić information content (AvgIpc) is 3.11. The van der Waals surface area contributed by atoms with Gasteiger partial charge in [-0.3, -0.25) is 4.79 Å². The quantitative estimate of drug-likeness (QED) is 0.909. The van der Waals surface area contributed by atoms with Gasteiger partial charge in [0.05, 0.1) is 18.5 Å². The molecule has 2 aromatic rings. The number of methoxy groups -OCH3 is 1. The molecule has 1 aliphatic rings. The van der Waals surface area contributed by atoms with Crippen molar-refractivity contribution in [2.75, 3.05) is 40.3 Å². The summed E-state index contributed by atoms with van der Waals surface area (Å²) >= 11 is 0. The molecule has 1 amide bonds. The number of rotatable bonds is 5. The summed E-state index contributed by atoms with van der Waals surface area (Å²) in [6.07, 6.45) is 4.09. The molecular weight excluding hydrogens is 314 g/mol. The topological polar surface area (TPSA) is 48.6 Å². The van der Waals surface area contributed by atoms with Gasteiger partial charge in [0.25, 0.3) is 0 Å². The molecule has 0 bridgehead atoms. The molecule has 0 aliphatic carbocycles. The fraction of sp³-hybridized carbons (Fsp3) is 0.450. The number of carbonyl (C=O) groups is 1. The Morgan fingerprint density at radius 2 is 2.08 bits per heavy atom. The number of fused-ring (bicyclic) bond motifs is 1. The first kappa shape index (κ1) is 17.5. The second-order valence-electron chi connectivity index (χ2n) is 6.59. The lowest BCUT2D eigenvalue weighted by Crippen LogP contribution is -2.42. The van der Waals surface area contributed by atoms with Gasteiger partial charge in [0.15, 0.2) is 0 Å². The Kier molecular flexibility index (Phi) is 5.13. The molecule has 134 valence electrons. The van der Waals surface area contributed by atoms with Crippen LogP contribution in [0.5, 0.6) is 5.75 Å². The highest BCUT2D eigenvalue weighted by atomic mass is 16.5. The van der Waals surface area contributed by atoms with E-state index in [9.17, 15) is 4.79 Å². The second-order valence-corrected chi connectivity index (χ2v) is 6.59. The predicted octanol–water partition coefficient (Wildman–Crippen LogP) is 2.99. The molecular formula is C20H27N3O2. The van der Waals surface area contributed by atoms with E-state index in [1.54, 1.807) is 7.11 Å². The van der Waals surface area contributed by atoms with Crippen molar-refractivity contribution in [1.29, 1.82) is 0 Å². The minimum Gasteiger partial charge on any atom is -0.496 e. The molecule has 0 saturated heterocycles. The van der Waals surface area contributed by atoms with Gasteiger partial charge in [-0.05, 0) is 44.7 Å². The van der Waals surface area contributed by atoms with E-state index < -0.39 is 0 Å². The van der Waals surface area contributed by atoms with Crippen LogP contribution in [0.3, 0.4) is 0 Å². The van der Waals surface area contributed by atoms with Crippen LogP contribution in [0.2, 0.25) is 0 Å². The molecule has 25 heavy (non-hydrogen) atoms. The molecule has 1 atom stereocenters. The van der Waals surface area contributed by atoms with E-state index in [2.05, 4.69) is 29.1 Å². The van der Waals surface area contributed by atoms with Crippen LogP contribution in [0.1, 0.15) is 19.4 Å². The Hall–Kier alpha value is -2.27. The van der Waals surface area contributed by atoms with Crippen LogP contribution in [0.15, 0.2) is 30.5 Å². The van der Waals surface area contributed by atoms with E-state index in [1.807, 2.05) is 37.1 Å². The van der Waals surface area contributed by atoms with E-state index in [0.717, 1.165) is 48.4 Å². The Labute approximate surface area is 149 Å². The molecule has 1 aromatic heterocycles. The number of H-pyrrole nitrogens is 1. The third-order valence-electron chi connectivity index (χ3n) is 4.99. The SMILES string of the molecule is CCN(CC)C(=O)C1C=C(c2ccc(OC)c3cc[nH]c23)CN(C)C1. The number of aromatic amines is 1. The number of hydrogen-bond acceptors (Lipinski definition) is 3. The molecule has 2 heterocycles. The van der Waals surface area contributed by atoms with Crippen molar-refractivity contribution in [3.63, 3.8) is 0 Å². The lowest BCUT2D eigenvalue weighted by molar-refractivity contribution is -0.134. The zero-order chi connectivity index (χ0) is 18.0. The van der Waals surface area contributed by atoms with Crippen molar-refractivity contribution >= 4 is 22.4 Å². The molecule has 0 fully saturated rings. The van der Waals surface area contributed by atoms with Gasteiger partial charge in [-0.2, -0.15) is 0 Å². The van der Waals surface area contributed by atoms with E-state index in [1.165, 1.54) is 5.57 Å². The van der Waals surface area contributed by atoms with E-state index in [0.29, 0.717) is 0 Å². The fourth-order valence-electron chi connectivity index (χ4n) is 3.71. The van der Waals surface area contributed by atoms with Gasteiger partial charge >= 0.3 is 0 Å². The molecule has 1 aromatic carbocycles. The minimum absolute atomic E-state index is 0.0965. The largest absolute Gasteiger partial charge is 0.496 e. The van der Waals surface area contributed by atoms with Gasteiger partial charge in [0.1, 0.15) is 5.75 Å². The van der Waals surface area contributed by atoms with Crippen molar-refractivity contribution in [2.45, 2.75) is 13.8 Å². The van der Waals surface area contributed by atoms with Crippen molar-refractivity contribution < 1.29 is 9.53 Å². The summed E-state index contributed by atoms with van der Waals surface area (Å²) < 4.78 is 5.46. The summed E-state index contributed by atoms with van der Waals surface area (Å²) in [6.45, 7) is 7.17. The number of amides is 1. The summed E-state index contributed by atoms with van der Waals surface area (Å²) in [5.74, 6) is 0.978. The Morgan fingerprint density at radius 1 is 1.32 bits per heavy atom. The summed E-state index contributed by atoms with van der Waals surface area (Å²) in [6, 6.07) is 6.12. The van der Waals surface area contributed by atoms with Crippen LogP contribution in [0.25, 0.3) is 16.5 Å². The van der Waals surface area contributed by atoms with Gasteiger partial charge in [0, 0.05) is 43.3 Å². The van der Waals surface area contributed by atoms with Crippen molar-refractivity contribution in [3.05, 3.63) is 36.0 Å². The van der Waals surface area contributed by atoms with Crippen LogP contribution < -0.4 is 4.74 Å². The van der Waals surface area contributed by atoms with Gasteiger partial charge in [-0.1, -0.05) is 6.08 Å². The number of carbonyl (C=O) groups excluding carboxylic acids is 1. The van der Waals surface area contributed by atoms with Crippen LogP contribution in [0, 0.1) is 5.92 Å². The summed E-state index contributed by atoms with van der Waals surface area (Å²) in [4.78, 5) is 20.3. The van der Waals surface area contributed by atoms with E-state index >= 15 is 0 Å². The molecule has 0 radical (unpaired) electrons. The highest BCUT2D eigenvalue weighted by Crippen LogP contribution is 2.33. The van der Waals surface area contributed by atoms with Gasteiger partial charge in [-0.25, -0.2) is 0 Å². The first-order valence-electron chi connectivity index (χ1n) is 8.91. The first-order chi connectivity index (χ1) is 12.1. The van der Waals surface area contributed by atoms with Crippen molar-refractivity contribution in [2.24, 2.45) is 5.92 Å². The van der Waals surface area contributed by atoms with Crippen molar-refractivity contribution in [3.8, 4) is 5.75 Å². The first-order valence-corrected chi connectivity index (χ1v) is 8.91. The van der Waals surface area contributed by atoms with Crippen LogP contribution >= 0.6 is 0 Å². The highest BCUT2D eigenvalue weighted by Gasteiger charge is 2.27. The van der Waals surface area contributed by atoms with Crippen LogP contribution in [0.4, 0.5) is 0 Å². The third kappa shape index (κ3) is 3.29. The van der Waals surface area contributed by atoms with Gasteiger partial charge in [-0.15, -0.1) is 0 Å². The molecule has 1 aliphatic heterocycles. The summed E-state index contributed by atoms with van der Waals surface area (Å²) in [7, 11) is 3.76. The molecule has 3 rings (SSSR count). The maximum Gasteiger partial charge on any atom is 0.230 e. The van der Waals surface area contributed by atoms with Gasteiger partial charge < -0.3 is 19.5 Å². The smallest absolute Gasteiger partial charge is 0.230 e. The predicted molar refractivity (Wildman–Crippen MR) is 102 cm³/mol. The Balaban J connectivity index is 2.01. The number of nitrogens with one attached hydrogen (secondary N) is 1. The second kappa shape index (κ2) is 7.31. The molecule has 5 heteroatoms. The lowest BCUT2D eigenvalue weighted by atomic mass is 9.93. The van der Waals surface area contributed by atoms with Gasteiger partial charge in [0.2, 0.25) is 5.91 Å². The monoisotopic (exact) mass is 341 g/mol. The molecule has 5 nitrogen and oxygen atoms in total. The summed E-state index contributed by atoms with van der Waals surface area (Å²) in [5, 5.41) is 1.07. The Morgan fingerprint density at radius 3 is 2.76 bits per heavy atom. The van der Waals surface area contributed by atoms with Crippen LogP contribution in [-0.2, 0) is 4.79 Å². The number of likely N-dealkylation sites (N-methyl/N-ethyl adjacent to an activating group) is 1. The van der Waals surface area contributed by atoms with E-state index in [-0.39, 0.29) is 11.8 Å². The third-order valence-corrected chi connectivity index (χ3v) is 4.99. The normalized spacial score (nSPS) is 18.2. The molecule has 1 N–H and O–H groups in total. The molecule has 0 saturated carbocycles. The molecule has 1 unspecified atom stereocenters. The number of hydrogen-bond donors (Lipinski definition) is 1. The summed E-state index contributed by atoms with van der Waals surface area (Å²) in [5.41, 5.74) is 3.40. The number of nitrogens with zero attached hydrogens (tertiary/aromatic N) is 2. The number of aromatic nitrogens is 1. The lowest BCUT2D eigenvalue weighted by Gasteiger charge is -2.32. The number of ether oxygens (including phenoxy) is 1. The fourth-order valence-corrected chi connectivity index (χ4v) is 3.71. The van der Waals surface area contributed by atoms with E-state index in [4.69, 9.17) is 4.74 Å². The zero-order valence-electron chi connectivity index (χ0n) is 15.5. The maximum atomic E-state index is 12.8. The highest BCUT2D eigenvalue weighted by molar-refractivity contribution is 5.96. The Bertz CT molecular complexity index is 789. The standard InChI is InChI=1S/C20H27N3O2/c1-5-23(6-2)20(24)15-11-14(12-22(3)13-15)16-7-8-18(25-4)17-9-10-21-19(16)17/h7-11,15,21H,5-6,12-13H2,1-4H3. The molecule has 0 spiro atoms. The van der Waals surface area contributed by atoms with Crippen LogP contribution in [-0.4, -0.2) is 61.0 Å².